The zero-order valence-electron chi connectivity index (χ0n) is 8.94. The summed E-state index contributed by atoms with van der Waals surface area (Å²) in [7, 11) is 0. The molecule has 0 spiro atoms. The van der Waals surface area contributed by atoms with Crippen LogP contribution in [-0.2, 0) is 0 Å². The van der Waals surface area contributed by atoms with Crippen LogP contribution in [0.1, 0.15) is 41.0 Å². The van der Waals surface area contributed by atoms with Gasteiger partial charge in [-0.05, 0) is 27.2 Å². The largest absolute Gasteiger partial charge is 0.0775 e. The molecule has 1 aliphatic carbocycles. The molecule has 0 amide bonds. The van der Waals surface area contributed by atoms with Crippen molar-refractivity contribution in [3.8, 4) is 0 Å². The Labute approximate surface area is 76.7 Å². The molecule has 0 saturated carbocycles. The van der Waals surface area contributed by atoms with E-state index in [2.05, 4.69) is 39.0 Å². The SMILES string of the molecule is CC.CC1=CCC(C)=CC(C)=C1. The van der Waals surface area contributed by atoms with Crippen LogP contribution in [0, 0.1) is 0 Å². The molecular weight excluding hydrogens is 144 g/mol. The van der Waals surface area contributed by atoms with E-state index in [0.29, 0.717) is 0 Å². The average molecular weight is 164 g/mol. The van der Waals surface area contributed by atoms with Gasteiger partial charge in [-0.25, -0.2) is 0 Å². The first-order chi connectivity index (χ1) is 5.68. The molecule has 1 rings (SSSR count). The van der Waals surface area contributed by atoms with Gasteiger partial charge < -0.3 is 0 Å². The van der Waals surface area contributed by atoms with Gasteiger partial charge >= 0.3 is 0 Å². The summed E-state index contributed by atoms with van der Waals surface area (Å²) >= 11 is 0. The molecule has 0 aromatic carbocycles. The number of hydrogen-bond acceptors (Lipinski definition) is 0. The third-order valence-electron chi connectivity index (χ3n) is 1.68. The summed E-state index contributed by atoms with van der Waals surface area (Å²) in [5.74, 6) is 0. The maximum absolute atomic E-state index is 2.27. The maximum Gasteiger partial charge on any atom is -0.0133 e. The van der Waals surface area contributed by atoms with Gasteiger partial charge in [0.15, 0.2) is 0 Å². The van der Waals surface area contributed by atoms with Gasteiger partial charge in [-0.1, -0.05) is 48.8 Å². The van der Waals surface area contributed by atoms with Gasteiger partial charge in [0, 0.05) is 0 Å². The highest BCUT2D eigenvalue weighted by Gasteiger charge is 1.94. The second-order valence-electron chi connectivity index (χ2n) is 3.03. The highest BCUT2D eigenvalue weighted by molar-refractivity contribution is 5.33. The normalized spacial score (nSPS) is 16.2. The first kappa shape index (κ1) is 11.2. The molecular formula is C12H20. The molecule has 0 atom stereocenters. The van der Waals surface area contributed by atoms with Gasteiger partial charge in [-0.2, -0.15) is 0 Å². The van der Waals surface area contributed by atoms with Gasteiger partial charge in [0.1, 0.15) is 0 Å². The molecule has 0 saturated heterocycles. The lowest BCUT2D eigenvalue weighted by Crippen LogP contribution is -1.70. The Kier molecular flexibility index (Phi) is 5.44. The van der Waals surface area contributed by atoms with Crippen molar-refractivity contribution >= 4 is 0 Å². The van der Waals surface area contributed by atoms with Crippen LogP contribution >= 0.6 is 0 Å². The lowest BCUT2D eigenvalue weighted by molar-refractivity contribution is 1.20. The Bertz CT molecular complexity index is 214. The zero-order valence-corrected chi connectivity index (χ0v) is 8.94. The summed E-state index contributed by atoms with van der Waals surface area (Å²) in [5.41, 5.74) is 4.19. The standard InChI is InChI=1S/C10H14.C2H6/c1-8-4-5-9(2)7-10(3)6-8;1-2/h4,6-7H,5H2,1-3H3;1-2H3. The topological polar surface area (TPSA) is 0 Å². The number of hydrogen-bond donors (Lipinski definition) is 0. The van der Waals surface area contributed by atoms with Crippen molar-refractivity contribution in [1.82, 2.24) is 0 Å². The van der Waals surface area contributed by atoms with E-state index < -0.39 is 0 Å². The predicted octanol–water partition coefficient (Wildman–Crippen LogP) is 4.26. The van der Waals surface area contributed by atoms with Gasteiger partial charge in [-0.15, -0.1) is 0 Å². The first-order valence-corrected chi connectivity index (χ1v) is 4.71. The molecule has 12 heavy (non-hydrogen) atoms. The van der Waals surface area contributed by atoms with Crippen LogP contribution < -0.4 is 0 Å². The van der Waals surface area contributed by atoms with Gasteiger partial charge in [0.2, 0.25) is 0 Å². The van der Waals surface area contributed by atoms with Crippen molar-refractivity contribution in [3.05, 3.63) is 34.9 Å². The average Bonchev–Trinajstić information content (AvgIpc) is 2.16. The van der Waals surface area contributed by atoms with Crippen LogP contribution in [0.25, 0.3) is 0 Å². The van der Waals surface area contributed by atoms with E-state index in [0.717, 1.165) is 6.42 Å². The van der Waals surface area contributed by atoms with Gasteiger partial charge in [0.25, 0.3) is 0 Å². The van der Waals surface area contributed by atoms with Crippen molar-refractivity contribution in [2.75, 3.05) is 0 Å². The zero-order chi connectivity index (χ0) is 9.56. The smallest absolute Gasteiger partial charge is 0.0133 e. The summed E-state index contributed by atoms with van der Waals surface area (Å²) in [5, 5.41) is 0. The maximum atomic E-state index is 2.27. The first-order valence-electron chi connectivity index (χ1n) is 4.71. The van der Waals surface area contributed by atoms with E-state index in [9.17, 15) is 0 Å². The van der Waals surface area contributed by atoms with Crippen molar-refractivity contribution in [3.63, 3.8) is 0 Å². The predicted molar refractivity (Wildman–Crippen MR) is 57.2 cm³/mol. The minimum absolute atomic E-state index is 1.11. The fraction of sp³-hybridized carbons (Fsp3) is 0.500. The van der Waals surface area contributed by atoms with Crippen molar-refractivity contribution in [2.45, 2.75) is 41.0 Å². The minimum atomic E-state index is 1.11. The molecule has 0 aromatic rings. The molecule has 0 fully saturated rings. The molecule has 0 bridgehead atoms. The van der Waals surface area contributed by atoms with Crippen molar-refractivity contribution in [1.29, 1.82) is 0 Å². The molecule has 0 nitrogen and oxygen atoms in total. The molecule has 68 valence electrons. The Hall–Kier alpha value is -0.780. The summed E-state index contributed by atoms with van der Waals surface area (Å²) in [6, 6.07) is 0. The highest BCUT2D eigenvalue weighted by Crippen LogP contribution is 2.14. The van der Waals surface area contributed by atoms with Crippen LogP contribution in [0.4, 0.5) is 0 Å². The lowest BCUT2D eigenvalue weighted by atomic mass is 10.2. The summed E-state index contributed by atoms with van der Waals surface area (Å²) in [4.78, 5) is 0. The summed E-state index contributed by atoms with van der Waals surface area (Å²) in [6.45, 7) is 10.5. The van der Waals surface area contributed by atoms with Crippen LogP contribution in [0.2, 0.25) is 0 Å². The Morgan fingerprint density at radius 2 is 1.50 bits per heavy atom. The Balaban J connectivity index is 0.000000561. The number of allylic oxidation sites excluding steroid dienone is 6. The van der Waals surface area contributed by atoms with E-state index in [1.165, 1.54) is 16.7 Å². The van der Waals surface area contributed by atoms with Crippen molar-refractivity contribution in [2.24, 2.45) is 0 Å². The Morgan fingerprint density at radius 3 is 2.08 bits per heavy atom. The third kappa shape index (κ3) is 4.17. The van der Waals surface area contributed by atoms with E-state index in [1.54, 1.807) is 0 Å². The van der Waals surface area contributed by atoms with E-state index in [1.807, 2.05) is 13.8 Å². The second kappa shape index (κ2) is 5.82. The highest BCUT2D eigenvalue weighted by atomic mass is 14.0. The molecule has 0 heteroatoms. The van der Waals surface area contributed by atoms with Crippen LogP contribution in [0.3, 0.4) is 0 Å². The lowest BCUT2D eigenvalue weighted by Gasteiger charge is -1.91. The quantitative estimate of drug-likeness (QED) is 0.502. The summed E-state index contributed by atoms with van der Waals surface area (Å²) in [6.07, 6.45) is 7.84. The molecule has 0 radical (unpaired) electrons. The fourth-order valence-electron chi connectivity index (χ4n) is 1.23. The second-order valence-corrected chi connectivity index (χ2v) is 3.03. The third-order valence-corrected chi connectivity index (χ3v) is 1.68. The molecule has 0 aliphatic heterocycles. The molecule has 0 unspecified atom stereocenters. The van der Waals surface area contributed by atoms with Crippen LogP contribution in [-0.4, -0.2) is 0 Å². The molecule has 0 N–H and O–H groups in total. The van der Waals surface area contributed by atoms with E-state index in [4.69, 9.17) is 0 Å². The molecule has 0 aromatic heterocycles. The minimum Gasteiger partial charge on any atom is -0.0775 e. The number of rotatable bonds is 0. The summed E-state index contributed by atoms with van der Waals surface area (Å²) < 4.78 is 0. The van der Waals surface area contributed by atoms with Crippen molar-refractivity contribution < 1.29 is 0 Å². The van der Waals surface area contributed by atoms with E-state index >= 15 is 0 Å². The molecule has 1 aliphatic rings. The van der Waals surface area contributed by atoms with Crippen LogP contribution in [0.15, 0.2) is 34.9 Å². The Morgan fingerprint density at radius 1 is 0.917 bits per heavy atom. The van der Waals surface area contributed by atoms with E-state index in [-0.39, 0.29) is 0 Å². The fourth-order valence-corrected chi connectivity index (χ4v) is 1.23. The van der Waals surface area contributed by atoms with Gasteiger partial charge in [0.05, 0.1) is 0 Å². The van der Waals surface area contributed by atoms with Gasteiger partial charge in [-0.3, -0.25) is 0 Å². The molecule has 0 heterocycles. The monoisotopic (exact) mass is 164 g/mol. The van der Waals surface area contributed by atoms with Crippen LogP contribution in [0.5, 0.6) is 0 Å².